The van der Waals surface area contributed by atoms with Crippen LogP contribution in [0.1, 0.15) is 42.9 Å². The average Bonchev–Trinajstić information content (AvgIpc) is 2.54. The SMILES string of the molecule is C=C=C(c1ccccc1)c1cccc(C#CCCCC)c1. The summed E-state index contributed by atoms with van der Waals surface area (Å²) in [5.74, 6) is 6.47. The predicted octanol–water partition coefficient (Wildman–Crippen LogP) is 5.44. The third-order valence-electron chi connectivity index (χ3n) is 3.28. The highest BCUT2D eigenvalue weighted by Crippen LogP contribution is 2.22. The number of hydrogen-bond acceptors (Lipinski definition) is 0. The molecule has 2 aromatic rings. The van der Waals surface area contributed by atoms with Crippen LogP contribution in [0.4, 0.5) is 0 Å². The Kier molecular flexibility index (Phi) is 5.65. The topological polar surface area (TPSA) is 0 Å². The summed E-state index contributed by atoms with van der Waals surface area (Å²) < 4.78 is 0. The highest BCUT2D eigenvalue weighted by atomic mass is 14.1. The lowest BCUT2D eigenvalue weighted by atomic mass is 9.97. The molecule has 0 heterocycles. The normalized spacial score (nSPS) is 9.38. The maximum atomic E-state index is 3.83. The monoisotopic (exact) mass is 272 g/mol. The van der Waals surface area contributed by atoms with Crippen molar-refractivity contribution in [1.82, 2.24) is 0 Å². The predicted molar refractivity (Wildman–Crippen MR) is 90.9 cm³/mol. The van der Waals surface area contributed by atoms with Gasteiger partial charge in [-0.25, -0.2) is 0 Å². The minimum atomic E-state index is 0.962. The maximum absolute atomic E-state index is 3.83. The van der Waals surface area contributed by atoms with Crippen LogP contribution in [-0.2, 0) is 0 Å². The summed E-state index contributed by atoms with van der Waals surface area (Å²) >= 11 is 0. The molecule has 0 heteroatoms. The summed E-state index contributed by atoms with van der Waals surface area (Å²) in [4.78, 5) is 0. The first-order chi connectivity index (χ1) is 10.3. The Morgan fingerprint density at radius 1 is 1.00 bits per heavy atom. The van der Waals surface area contributed by atoms with Crippen LogP contribution in [0, 0.1) is 11.8 Å². The smallest absolute Gasteiger partial charge is 0.0303 e. The Morgan fingerprint density at radius 2 is 1.76 bits per heavy atom. The zero-order valence-electron chi connectivity index (χ0n) is 12.5. The molecule has 2 aromatic carbocycles. The van der Waals surface area contributed by atoms with Crippen molar-refractivity contribution in [1.29, 1.82) is 0 Å². The summed E-state index contributed by atoms with van der Waals surface area (Å²) in [6, 6.07) is 18.5. The van der Waals surface area contributed by atoms with E-state index in [1.807, 2.05) is 30.3 Å². The number of rotatable bonds is 4. The van der Waals surface area contributed by atoms with Crippen LogP contribution in [0.3, 0.4) is 0 Å². The Bertz CT molecular complexity index is 690. The molecule has 2 rings (SSSR count). The lowest BCUT2D eigenvalue weighted by Gasteiger charge is -2.06. The molecule has 0 atom stereocenters. The first-order valence-electron chi connectivity index (χ1n) is 7.40. The molecule has 0 aliphatic rings. The van der Waals surface area contributed by atoms with Crippen molar-refractivity contribution in [2.45, 2.75) is 26.2 Å². The molecule has 0 unspecified atom stereocenters. The fourth-order valence-corrected chi connectivity index (χ4v) is 2.16. The van der Waals surface area contributed by atoms with Gasteiger partial charge in [-0.3, -0.25) is 0 Å². The lowest BCUT2D eigenvalue weighted by Crippen LogP contribution is -1.87. The first kappa shape index (κ1) is 14.9. The summed E-state index contributed by atoms with van der Waals surface area (Å²) in [5.41, 5.74) is 7.36. The molecule has 0 saturated carbocycles. The van der Waals surface area contributed by atoms with Gasteiger partial charge in [-0.15, -0.1) is 5.73 Å². The Labute approximate surface area is 127 Å². The quantitative estimate of drug-likeness (QED) is 0.394. The van der Waals surface area contributed by atoms with Gasteiger partial charge in [-0.1, -0.05) is 74.2 Å². The zero-order chi connectivity index (χ0) is 14.9. The minimum Gasteiger partial charge on any atom is -0.119 e. The van der Waals surface area contributed by atoms with E-state index in [4.69, 9.17) is 0 Å². The van der Waals surface area contributed by atoms with Gasteiger partial charge in [0.1, 0.15) is 0 Å². The van der Waals surface area contributed by atoms with E-state index in [1.54, 1.807) is 0 Å². The number of benzene rings is 2. The highest BCUT2D eigenvalue weighted by Gasteiger charge is 2.03. The molecule has 0 radical (unpaired) electrons. The highest BCUT2D eigenvalue weighted by molar-refractivity contribution is 5.79. The second kappa shape index (κ2) is 7.95. The van der Waals surface area contributed by atoms with Crippen LogP contribution in [0.2, 0.25) is 0 Å². The van der Waals surface area contributed by atoms with Gasteiger partial charge in [-0.2, -0.15) is 0 Å². The summed E-state index contributed by atoms with van der Waals surface area (Å²) in [5, 5.41) is 0. The molecule has 0 spiro atoms. The van der Waals surface area contributed by atoms with E-state index in [-0.39, 0.29) is 0 Å². The van der Waals surface area contributed by atoms with Crippen molar-refractivity contribution < 1.29 is 0 Å². The third kappa shape index (κ3) is 4.25. The van der Waals surface area contributed by atoms with Gasteiger partial charge >= 0.3 is 0 Å². The minimum absolute atomic E-state index is 0.962. The van der Waals surface area contributed by atoms with Crippen molar-refractivity contribution in [3.05, 3.63) is 83.6 Å². The van der Waals surface area contributed by atoms with Crippen LogP contribution in [0.5, 0.6) is 0 Å². The Morgan fingerprint density at radius 3 is 2.48 bits per heavy atom. The number of unbranched alkanes of at least 4 members (excludes halogenated alkanes) is 2. The van der Waals surface area contributed by atoms with Gasteiger partial charge in [0.2, 0.25) is 0 Å². The molecule has 0 saturated heterocycles. The van der Waals surface area contributed by atoms with Gasteiger partial charge in [0.05, 0.1) is 0 Å². The van der Waals surface area contributed by atoms with Crippen LogP contribution in [0.15, 0.2) is 66.9 Å². The molecule has 0 N–H and O–H groups in total. The van der Waals surface area contributed by atoms with Crippen LogP contribution < -0.4 is 0 Å². The van der Waals surface area contributed by atoms with Gasteiger partial charge < -0.3 is 0 Å². The average molecular weight is 272 g/mol. The van der Waals surface area contributed by atoms with Crippen molar-refractivity contribution in [2.75, 3.05) is 0 Å². The Hall–Kier alpha value is -2.48. The van der Waals surface area contributed by atoms with Gasteiger partial charge in [-0.05, 0) is 29.7 Å². The first-order valence-corrected chi connectivity index (χ1v) is 7.40. The second-order valence-corrected chi connectivity index (χ2v) is 4.90. The number of hydrogen-bond donors (Lipinski definition) is 0. The summed E-state index contributed by atoms with van der Waals surface area (Å²) in [6.07, 6.45) is 3.31. The summed E-state index contributed by atoms with van der Waals surface area (Å²) in [7, 11) is 0. The molecular weight excluding hydrogens is 252 g/mol. The van der Waals surface area contributed by atoms with Crippen LogP contribution >= 0.6 is 0 Å². The molecule has 21 heavy (non-hydrogen) atoms. The van der Waals surface area contributed by atoms with E-state index in [9.17, 15) is 0 Å². The molecule has 0 aromatic heterocycles. The van der Waals surface area contributed by atoms with E-state index >= 15 is 0 Å². The van der Waals surface area contributed by atoms with Crippen LogP contribution in [-0.4, -0.2) is 0 Å². The van der Waals surface area contributed by atoms with E-state index in [0.29, 0.717) is 0 Å². The molecule has 0 aliphatic carbocycles. The molecular formula is C21H20. The molecule has 0 fully saturated rings. The molecule has 0 aliphatic heterocycles. The van der Waals surface area contributed by atoms with E-state index in [2.05, 4.69) is 55.3 Å². The molecule has 0 bridgehead atoms. The lowest BCUT2D eigenvalue weighted by molar-refractivity contribution is 0.828. The van der Waals surface area contributed by atoms with Crippen LogP contribution in [0.25, 0.3) is 5.57 Å². The zero-order valence-corrected chi connectivity index (χ0v) is 12.5. The molecule has 0 amide bonds. The van der Waals surface area contributed by atoms with Crippen molar-refractivity contribution in [3.8, 4) is 11.8 Å². The van der Waals surface area contributed by atoms with Crippen molar-refractivity contribution in [3.63, 3.8) is 0 Å². The van der Waals surface area contributed by atoms with Gasteiger partial charge in [0.15, 0.2) is 0 Å². The van der Waals surface area contributed by atoms with Crippen molar-refractivity contribution >= 4 is 5.57 Å². The fourth-order valence-electron chi connectivity index (χ4n) is 2.16. The maximum Gasteiger partial charge on any atom is 0.0303 e. The fraction of sp³-hybridized carbons (Fsp3) is 0.190. The van der Waals surface area contributed by atoms with Crippen molar-refractivity contribution in [2.24, 2.45) is 0 Å². The molecule has 0 nitrogen and oxygen atoms in total. The summed E-state index contributed by atoms with van der Waals surface area (Å²) in [6.45, 7) is 6.02. The van der Waals surface area contributed by atoms with Gasteiger partial charge in [0, 0.05) is 17.6 Å². The van der Waals surface area contributed by atoms with Gasteiger partial charge in [0.25, 0.3) is 0 Å². The second-order valence-electron chi connectivity index (χ2n) is 4.90. The Balaban J connectivity index is 2.27. The third-order valence-corrected chi connectivity index (χ3v) is 3.28. The largest absolute Gasteiger partial charge is 0.119 e. The molecule has 104 valence electrons. The van der Waals surface area contributed by atoms with E-state index in [0.717, 1.165) is 35.1 Å². The standard InChI is InChI=1S/C21H20/c1-3-5-6-8-12-18-13-11-16-20(17-18)21(4-2)19-14-9-7-10-15-19/h7,9-11,13-17H,2-3,5-6H2,1H3. The van der Waals surface area contributed by atoms with E-state index < -0.39 is 0 Å². The van der Waals surface area contributed by atoms with E-state index in [1.165, 1.54) is 6.42 Å².